The van der Waals surface area contributed by atoms with Crippen LogP contribution in [-0.2, 0) is 6.54 Å². The lowest BCUT2D eigenvalue weighted by Crippen LogP contribution is -2.67. The second-order valence-electron chi connectivity index (χ2n) is 9.26. The van der Waals surface area contributed by atoms with Gasteiger partial charge >= 0.3 is 0 Å². The van der Waals surface area contributed by atoms with Crippen LogP contribution in [0.15, 0.2) is 67.3 Å². The highest BCUT2D eigenvalue weighted by atomic mass is 16.3. The maximum absolute atomic E-state index is 10.2. The second kappa shape index (κ2) is 9.49. The van der Waals surface area contributed by atoms with Crippen LogP contribution in [0.5, 0.6) is 0 Å². The summed E-state index contributed by atoms with van der Waals surface area (Å²) in [5.74, 6) is 0.361. The molecule has 0 bridgehead atoms. The molecule has 2 aliphatic heterocycles. The first-order chi connectivity index (χ1) is 15.7. The van der Waals surface area contributed by atoms with Crippen LogP contribution in [-0.4, -0.2) is 63.2 Å². The molecule has 3 atom stereocenters. The minimum Gasteiger partial charge on any atom is -0.395 e. The molecule has 0 aliphatic carbocycles. The smallest absolute Gasteiger partial charge is 0.115 e. The molecule has 1 aromatic heterocycles. The van der Waals surface area contributed by atoms with Gasteiger partial charge in [-0.1, -0.05) is 54.1 Å². The summed E-state index contributed by atoms with van der Waals surface area (Å²) in [5, 5.41) is 10.2. The molecule has 2 aliphatic rings. The van der Waals surface area contributed by atoms with Crippen molar-refractivity contribution >= 4 is 0 Å². The van der Waals surface area contributed by atoms with E-state index < -0.39 is 0 Å². The molecule has 5 heteroatoms. The number of hydrogen-bond acceptors (Lipinski definition) is 5. The summed E-state index contributed by atoms with van der Waals surface area (Å²) in [5.41, 5.74) is 6.27. The predicted molar refractivity (Wildman–Crippen MR) is 127 cm³/mol. The quantitative estimate of drug-likeness (QED) is 0.668. The van der Waals surface area contributed by atoms with Crippen molar-refractivity contribution in [2.45, 2.75) is 44.3 Å². The van der Waals surface area contributed by atoms with E-state index in [9.17, 15) is 5.11 Å². The molecule has 0 unspecified atom stereocenters. The number of aryl methyl sites for hydroxylation is 1. The highest BCUT2D eigenvalue weighted by Crippen LogP contribution is 2.42. The van der Waals surface area contributed by atoms with Crippen molar-refractivity contribution in [3.63, 3.8) is 0 Å². The van der Waals surface area contributed by atoms with E-state index in [1.807, 2.05) is 12.4 Å². The summed E-state index contributed by atoms with van der Waals surface area (Å²) >= 11 is 0. The number of aromatic nitrogens is 2. The van der Waals surface area contributed by atoms with Crippen molar-refractivity contribution in [1.29, 1.82) is 0 Å². The first-order valence-electron chi connectivity index (χ1n) is 11.7. The summed E-state index contributed by atoms with van der Waals surface area (Å²) in [4.78, 5) is 13.4. The molecular weight excluding hydrogens is 396 g/mol. The Kier molecular flexibility index (Phi) is 6.30. The topological polar surface area (TPSA) is 52.5 Å². The van der Waals surface area contributed by atoms with E-state index in [4.69, 9.17) is 0 Å². The first kappa shape index (κ1) is 21.3. The average Bonchev–Trinajstić information content (AvgIpc) is 2.81. The zero-order chi connectivity index (χ0) is 21.9. The molecule has 1 N–H and O–H groups in total. The van der Waals surface area contributed by atoms with Gasteiger partial charge in [0.25, 0.3) is 0 Å². The highest BCUT2D eigenvalue weighted by molar-refractivity contribution is 5.64. The van der Waals surface area contributed by atoms with Crippen LogP contribution in [0.1, 0.15) is 35.4 Å². The normalized spacial score (nSPS) is 24.2. The summed E-state index contributed by atoms with van der Waals surface area (Å²) in [6, 6.07) is 18.4. The Morgan fingerprint density at radius 1 is 0.906 bits per heavy atom. The fourth-order valence-electron chi connectivity index (χ4n) is 5.47. The van der Waals surface area contributed by atoms with Crippen LogP contribution in [0.4, 0.5) is 0 Å². The van der Waals surface area contributed by atoms with E-state index in [1.54, 1.807) is 6.33 Å². The fraction of sp³-hybridized carbons (Fsp3) is 0.407. The van der Waals surface area contributed by atoms with E-state index >= 15 is 0 Å². The molecule has 3 aromatic rings. The van der Waals surface area contributed by atoms with Gasteiger partial charge in [0.2, 0.25) is 0 Å². The summed E-state index contributed by atoms with van der Waals surface area (Å²) in [6.45, 7) is 6.41. The molecule has 5 rings (SSSR count). The van der Waals surface area contributed by atoms with Gasteiger partial charge in [-0.15, -0.1) is 0 Å². The lowest BCUT2D eigenvalue weighted by Gasteiger charge is -2.57. The Morgan fingerprint density at radius 2 is 1.56 bits per heavy atom. The fourth-order valence-corrected chi connectivity index (χ4v) is 5.47. The lowest BCUT2D eigenvalue weighted by atomic mass is 9.74. The van der Waals surface area contributed by atoms with Crippen molar-refractivity contribution in [2.75, 3.05) is 26.2 Å². The number of benzene rings is 2. The standard InChI is InChI=1S/C27H32N4O/c1-20-4-6-22(7-5-20)23-8-10-24(11-9-23)27-25-17-30(16-21-14-28-19-29-15-21)12-2-3-13-31(25)26(27)18-32/h4-11,14-15,19,25-27,32H,2-3,12-13,16-18H2,1H3/t25-,26+,27-/m0/s1. The summed E-state index contributed by atoms with van der Waals surface area (Å²) in [6.07, 6.45) is 7.79. The highest BCUT2D eigenvalue weighted by Gasteiger charge is 2.48. The summed E-state index contributed by atoms with van der Waals surface area (Å²) in [7, 11) is 0. The van der Waals surface area contributed by atoms with Crippen LogP contribution >= 0.6 is 0 Å². The molecule has 0 amide bonds. The van der Waals surface area contributed by atoms with Gasteiger partial charge in [0.15, 0.2) is 0 Å². The number of fused-ring (bicyclic) bond motifs is 1. The van der Waals surface area contributed by atoms with E-state index in [2.05, 4.69) is 75.2 Å². The third kappa shape index (κ3) is 4.33. The molecular formula is C27H32N4O. The van der Waals surface area contributed by atoms with E-state index in [1.165, 1.54) is 35.1 Å². The summed E-state index contributed by atoms with van der Waals surface area (Å²) < 4.78 is 0. The van der Waals surface area contributed by atoms with Crippen molar-refractivity contribution in [2.24, 2.45) is 0 Å². The molecule has 2 aromatic carbocycles. The maximum Gasteiger partial charge on any atom is 0.115 e. The third-order valence-electron chi connectivity index (χ3n) is 7.15. The van der Waals surface area contributed by atoms with Crippen LogP contribution in [0.25, 0.3) is 11.1 Å². The predicted octanol–water partition coefficient (Wildman–Crippen LogP) is 3.88. The van der Waals surface area contributed by atoms with Gasteiger partial charge in [0.1, 0.15) is 6.33 Å². The Hall–Kier alpha value is -2.60. The second-order valence-corrected chi connectivity index (χ2v) is 9.26. The van der Waals surface area contributed by atoms with E-state index in [0.717, 1.165) is 31.7 Å². The number of hydrogen-bond donors (Lipinski definition) is 1. The third-order valence-corrected chi connectivity index (χ3v) is 7.15. The van der Waals surface area contributed by atoms with E-state index in [0.29, 0.717) is 12.0 Å². The Morgan fingerprint density at radius 3 is 2.25 bits per heavy atom. The minimum absolute atomic E-state index is 0.213. The van der Waals surface area contributed by atoms with Gasteiger partial charge in [-0.05, 0) is 49.5 Å². The van der Waals surface area contributed by atoms with Gasteiger partial charge in [-0.25, -0.2) is 9.97 Å². The number of rotatable bonds is 5. The molecule has 166 valence electrons. The maximum atomic E-state index is 10.2. The average molecular weight is 429 g/mol. The number of aliphatic hydroxyl groups is 1. The van der Waals surface area contributed by atoms with Crippen molar-refractivity contribution < 1.29 is 5.11 Å². The molecule has 32 heavy (non-hydrogen) atoms. The van der Waals surface area contributed by atoms with Crippen molar-refractivity contribution in [1.82, 2.24) is 19.8 Å². The monoisotopic (exact) mass is 428 g/mol. The zero-order valence-electron chi connectivity index (χ0n) is 18.8. The van der Waals surface area contributed by atoms with Crippen LogP contribution in [0.2, 0.25) is 0 Å². The SMILES string of the molecule is Cc1ccc(-c2ccc([C@@H]3[C@@H](CO)N4CCCCN(Cc5cncnc5)C[C@@H]34)cc2)cc1. The van der Waals surface area contributed by atoms with Crippen molar-refractivity contribution in [3.8, 4) is 11.1 Å². The molecule has 2 fully saturated rings. The van der Waals surface area contributed by atoms with Crippen molar-refractivity contribution in [3.05, 3.63) is 83.9 Å². The molecule has 0 radical (unpaired) electrons. The van der Waals surface area contributed by atoms with Crippen LogP contribution in [0, 0.1) is 6.92 Å². The van der Waals surface area contributed by atoms with E-state index in [-0.39, 0.29) is 12.6 Å². The largest absolute Gasteiger partial charge is 0.395 e. The molecule has 5 nitrogen and oxygen atoms in total. The Labute approximate surface area is 190 Å². The number of nitrogens with zero attached hydrogens (tertiary/aromatic N) is 4. The van der Waals surface area contributed by atoms with Gasteiger partial charge in [0, 0.05) is 49.0 Å². The molecule has 0 spiro atoms. The number of aliphatic hydroxyl groups excluding tert-OH is 1. The molecule has 2 saturated heterocycles. The zero-order valence-corrected chi connectivity index (χ0v) is 18.8. The lowest BCUT2D eigenvalue weighted by molar-refractivity contribution is -0.0655. The Balaban J connectivity index is 1.35. The van der Waals surface area contributed by atoms with Crippen LogP contribution in [0.3, 0.4) is 0 Å². The molecule has 0 saturated carbocycles. The Bertz CT molecular complexity index is 1010. The van der Waals surface area contributed by atoms with Gasteiger partial charge in [-0.3, -0.25) is 9.80 Å². The van der Waals surface area contributed by atoms with Gasteiger partial charge in [-0.2, -0.15) is 0 Å². The first-order valence-corrected chi connectivity index (χ1v) is 11.7. The van der Waals surface area contributed by atoms with Crippen LogP contribution < -0.4 is 0 Å². The minimum atomic E-state index is 0.213. The molecule has 3 heterocycles. The van der Waals surface area contributed by atoms with Gasteiger partial charge in [0.05, 0.1) is 6.61 Å². The van der Waals surface area contributed by atoms with Gasteiger partial charge < -0.3 is 5.11 Å².